The van der Waals surface area contributed by atoms with Gasteiger partial charge < -0.3 is 5.32 Å². The van der Waals surface area contributed by atoms with Crippen LogP contribution < -0.4 is 10.9 Å². The molecule has 2 aromatic carbocycles. The summed E-state index contributed by atoms with van der Waals surface area (Å²) in [6.07, 6.45) is 3.30. The lowest BCUT2D eigenvalue weighted by atomic mass is 10.1. The second-order valence-corrected chi connectivity index (χ2v) is 6.18. The predicted molar refractivity (Wildman–Crippen MR) is 96.0 cm³/mol. The standard InChI is InChI=1S/C18H16BrN3O/c1-13-2-4-14(5-3-13)12-21-17-18(23)22(11-10-20-17)16-8-6-15(19)7-9-16/h2-11H,12H2,1H3,(H,20,21). The molecule has 1 aromatic heterocycles. The van der Waals surface area contributed by atoms with Crippen molar-refractivity contribution in [3.05, 3.63) is 86.9 Å². The molecule has 0 spiro atoms. The molecule has 0 fully saturated rings. The van der Waals surface area contributed by atoms with Gasteiger partial charge in [0.1, 0.15) is 0 Å². The van der Waals surface area contributed by atoms with Crippen LogP contribution in [-0.2, 0) is 6.54 Å². The largest absolute Gasteiger partial charge is 0.361 e. The molecule has 1 N–H and O–H groups in total. The average Bonchev–Trinajstić information content (AvgIpc) is 2.56. The number of halogens is 1. The van der Waals surface area contributed by atoms with Crippen LogP contribution in [0.4, 0.5) is 5.82 Å². The van der Waals surface area contributed by atoms with Gasteiger partial charge in [0.05, 0.1) is 0 Å². The first-order chi connectivity index (χ1) is 11.1. The minimum absolute atomic E-state index is 0.165. The van der Waals surface area contributed by atoms with E-state index in [1.165, 1.54) is 5.56 Å². The van der Waals surface area contributed by atoms with Gasteiger partial charge in [-0.2, -0.15) is 0 Å². The number of rotatable bonds is 4. The van der Waals surface area contributed by atoms with Crippen LogP contribution >= 0.6 is 15.9 Å². The molecular formula is C18H16BrN3O. The summed E-state index contributed by atoms with van der Waals surface area (Å²) in [5, 5.41) is 3.12. The summed E-state index contributed by atoms with van der Waals surface area (Å²) < 4.78 is 2.55. The lowest BCUT2D eigenvalue weighted by Crippen LogP contribution is -2.23. The third kappa shape index (κ3) is 3.68. The summed E-state index contributed by atoms with van der Waals surface area (Å²) in [5.41, 5.74) is 2.96. The van der Waals surface area contributed by atoms with Gasteiger partial charge in [0.15, 0.2) is 5.82 Å². The molecule has 4 nitrogen and oxygen atoms in total. The number of nitrogens with one attached hydrogen (secondary N) is 1. The topological polar surface area (TPSA) is 46.9 Å². The van der Waals surface area contributed by atoms with Gasteiger partial charge >= 0.3 is 0 Å². The molecule has 0 atom stereocenters. The zero-order chi connectivity index (χ0) is 16.2. The van der Waals surface area contributed by atoms with E-state index < -0.39 is 0 Å². The first kappa shape index (κ1) is 15.5. The maximum Gasteiger partial charge on any atom is 0.297 e. The third-order valence-corrected chi connectivity index (χ3v) is 4.05. The van der Waals surface area contributed by atoms with Gasteiger partial charge in [-0.3, -0.25) is 9.36 Å². The SMILES string of the molecule is Cc1ccc(CNc2nccn(-c3ccc(Br)cc3)c2=O)cc1. The van der Waals surface area contributed by atoms with Gasteiger partial charge in [0, 0.05) is 29.1 Å². The monoisotopic (exact) mass is 369 g/mol. The third-order valence-electron chi connectivity index (χ3n) is 3.53. The molecule has 0 aliphatic rings. The highest BCUT2D eigenvalue weighted by atomic mass is 79.9. The summed E-state index contributed by atoms with van der Waals surface area (Å²) in [6.45, 7) is 2.61. The Morgan fingerprint density at radius 1 is 1.09 bits per heavy atom. The van der Waals surface area contributed by atoms with Gasteiger partial charge in [-0.15, -0.1) is 0 Å². The summed E-state index contributed by atoms with van der Waals surface area (Å²) in [6, 6.07) is 15.8. The van der Waals surface area contributed by atoms with E-state index in [1.807, 2.05) is 43.3 Å². The molecular weight excluding hydrogens is 354 g/mol. The number of nitrogens with zero attached hydrogens (tertiary/aromatic N) is 2. The molecule has 3 rings (SSSR count). The fourth-order valence-electron chi connectivity index (χ4n) is 2.23. The van der Waals surface area contributed by atoms with Crippen molar-refractivity contribution in [3.63, 3.8) is 0 Å². The minimum Gasteiger partial charge on any atom is -0.361 e. The second kappa shape index (κ2) is 6.79. The molecule has 3 aromatic rings. The van der Waals surface area contributed by atoms with Crippen LogP contribution in [0, 0.1) is 6.92 Å². The molecule has 0 aliphatic heterocycles. The lowest BCUT2D eigenvalue weighted by molar-refractivity contribution is 0.944. The Labute approximate surface area is 143 Å². The quantitative estimate of drug-likeness (QED) is 0.758. The molecule has 1 heterocycles. The van der Waals surface area contributed by atoms with Gasteiger partial charge in [-0.05, 0) is 36.8 Å². The van der Waals surface area contributed by atoms with E-state index in [9.17, 15) is 4.79 Å². The molecule has 0 bridgehead atoms. The molecule has 116 valence electrons. The summed E-state index contributed by atoms with van der Waals surface area (Å²) in [4.78, 5) is 16.7. The number of anilines is 1. The zero-order valence-electron chi connectivity index (χ0n) is 12.7. The highest BCUT2D eigenvalue weighted by Gasteiger charge is 2.06. The maximum atomic E-state index is 12.6. The van der Waals surface area contributed by atoms with E-state index in [2.05, 4.69) is 38.4 Å². The fraction of sp³-hybridized carbons (Fsp3) is 0.111. The van der Waals surface area contributed by atoms with E-state index in [1.54, 1.807) is 17.0 Å². The van der Waals surface area contributed by atoms with Crippen molar-refractivity contribution in [2.75, 3.05) is 5.32 Å². The zero-order valence-corrected chi connectivity index (χ0v) is 14.2. The van der Waals surface area contributed by atoms with Crippen molar-refractivity contribution >= 4 is 21.7 Å². The Hall–Kier alpha value is -2.40. The highest BCUT2D eigenvalue weighted by Crippen LogP contribution is 2.13. The Balaban J connectivity index is 1.83. The van der Waals surface area contributed by atoms with Crippen molar-refractivity contribution in [3.8, 4) is 5.69 Å². The Morgan fingerprint density at radius 2 is 1.78 bits per heavy atom. The number of hydrogen-bond donors (Lipinski definition) is 1. The van der Waals surface area contributed by atoms with Crippen LogP contribution in [-0.4, -0.2) is 9.55 Å². The van der Waals surface area contributed by atoms with Gasteiger partial charge in [0.25, 0.3) is 5.56 Å². The first-order valence-corrected chi connectivity index (χ1v) is 8.06. The van der Waals surface area contributed by atoms with E-state index in [0.717, 1.165) is 15.7 Å². The maximum absolute atomic E-state index is 12.6. The normalized spacial score (nSPS) is 10.5. The van der Waals surface area contributed by atoms with Crippen molar-refractivity contribution in [1.82, 2.24) is 9.55 Å². The Kier molecular flexibility index (Phi) is 4.57. The molecule has 0 saturated heterocycles. The minimum atomic E-state index is -0.165. The molecule has 0 amide bonds. The smallest absolute Gasteiger partial charge is 0.297 e. The predicted octanol–water partition coefficient (Wildman–Crippen LogP) is 3.92. The molecule has 0 unspecified atom stereocenters. The Morgan fingerprint density at radius 3 is 2.48 bits per heavy atom. The fourth-order valence-corrected chi connectivity index (χ4v) is 2.49. The molecule has 0 saturated carbocycles. The molecule has 5 heteroatoms. The van der Waals surface area contributed by atoms with Gasteiger partial charge in [-0.25, -0.2) is 4.98 Å². The van der Waals surface area contributed by atoms with Crippen molar-refractivity contribution in [2.45, 2.75) is 13.5 Å². The average molecular weight is 370 g/mol. The van der Waals surface area contributed by atoms with Crippen LogP contribution in [0.5, 0.6) is 0 Å². The van der Waals surface area contributed by atoms with E-state index in [4.69, 9.17) is 0 Å². The molecule has 0 radical (unpaired) electrons. The first-order valence-electron chi connectivity index (χ1n) is 7.26. The van der Waals surface area contributed by atoms with Crippen molar-refractivity contribution in [1.29, 1.82) is 0 Å². The second-order valence-electron chi connectivity index (χ2n) is 5.27. The summed E-state index contributed by atoms with van der Waals surface area (Å²) >= 11 is 3.39. The van der Waals surface area contributed by atoms with Crippen LogP contribution in [0.15, 0.2) is 70.2 Å². The van der Waals surface area contributed by atoms with Gasteiger partial charge in [-0.1, -0.05) is 45.8 Å². The van der Waals surface area contributed by atoms with E-state index in [0.29, 0.717) is 12.4 Å². The number of benzene rings is 2. The summed E-state index contributed by atoms with van der Waals surface area (Å²) in [7, 11) is 0. The van der Waals surface area contributed by atoms with Crippen LogP contribution in [0.1, 0.15) is 11.1 Å². The molecule has 0 aliphatic carbocycles. The van der Waals surface area contributed by atoms with E-state index in [-0.39, 0.29) is 5.56 Å². The van der Waals surface area contributed by atoms with Crippen molar-refractivity contribution in [2.24, 2.45) is 0 Å². The van der Waals surface area contributed by atoms with Crippen LogP contribution in [0.25, 0.3) is 5.69 Å². The van der Waals surface area contributed by atoms with Gasteiger partial charge in [0.2, 0.25) is 0 Å². The Bertz CT molecular complexity index is 855. The van der Waals surface area contributed by atoms with Crippen LogP contribution in [0.3, 0.4) is 0 Å². The lowest BCUT2D eigenvalue weighted by Gasteiger charge is -2.09. The number of aryl methyl sites for hydroxylation is 1. The van der Waals surface area contributed by atoms with E-state index >= 15 is 0 Å². The molecule has 23 heavy (non-hydrogen) atoms. The van der Waals surface area contributed by atoms with Crippen LogP contribution in [0.2, 0.25) is 0 Å². The highest BCUT2D eigenvalue weighted by molar-refractivity contribution is 9.10. The number of hydrogen-bond acceptors (Lipinski definition) is 3. The number of aromatic nitrogens is 2. The summed E-state index contributed by atoms with van der Waals surface area (Å²) in [5.74, 6) is 0.344. The van der Waals surface area contributed by atoms with Crippen molar-refractivity contribution < 1.29 is 0 Å².